The Bertz CT molecular complexity index is 647. The zero-order chi connectivity index (χ0) is 15.5. The van der Waals surface area contributed by atoms with Gasteiger partial charge in [0.25, 0.3) is 5.91 Å². The number of carbonyl (C=O) groups is 1. The second-order valence-corrected chi connectivity index (χ2v) is 5.72. The predicted octanol–water partition coefficient (Wildman–Crippen LogP) is 3.29. The lowest BCUT2D eigenvalue weighted by molar-refractivity contribution is 0.0528. The van der Waals surface area contributed by atoms with E-state index in [0.717, 1.165) is 37.9 Å². The molecule has 2 aromatic rings. The van der Waals surface area contributed by atoms with Crippen LogP contribution in [0.1, 0.15) is 66.7 Å². The molecule has 1 saturated heterocycles. The summed E-state index contributed by atoms with van der Waals surface area (Å²) in [5, 5.41) is 4.00. The third-order valence-electron chi connectivity index (χ3n) is 3.96. The molecule has 22 heavy (non-hydrogen) atoms. The van der Waals surface area contributed by atoms with E-state index in [1.807, 2.05) is 6.92 Å². The minimum Gasteiger partial charge on any atom is -0.456 e. The van der Waals surface area contributed by atoms with Gasteiger partial charge in [-0.3, -0.25) is 4.79 Å². The minimum atomic E-state index is -0.148. The summed E-state index contributed by atoms with van der Waals surface area (Å²) in [5.41, 5.74) is 0. The van der Waals surface area contributed by atoms with Gasteiger partial charge in [-0.15, -0.1) is 0 Å². The van der Waals surface area contributed by atoms with Gasteiger partial charge in [-0.25, -0.2) is 0 Å². The lowest BCUT2D eigenvalue weighted by Crippen LogP contribution is -2.38. The molecule has 1 amide bonds. The predicted molar refractivity (Wildman–Crippen MR) is 79.4 cm³/mol. The van der Waals surface area contributed by atoms with Gasteiger partial charge in [-0.2, -0.15) is 4.98 Å². The summed E-state index contributed by atoms with van der Waals surface area (Å²) >= 11 is 0. The largest absolute Gasteiger partial charge is 0.456 e. The Morgan fingerprint density at radius 3 is 3.00 bits per heavy atom. The third-order valence-corrected chi connectivity index (χ3v) is 3.96. The van der Waals surface area contributed by atoms with Crippen LogP contribution in [-0.4, -0.2) is 27.5 Å². The van der Waals surface area contributed by atoms with Crippen molar-refractivity contribution in [1.82, 2.24) is 15.0 Å². The maximum Gasteiger partial charge on any atom is 0.290 e. The fraction of sp³-hybridized carbons (Fsp3) is 0.562. The number of aryl methyl sites for hydroxylation is 2. The number of hydrogen-bond acceptors (Lipinski definition) is 5. The average Bonchev–Trinajstić information content (AvgIpc) is 3.16. The minimum absolute atomic E-state index is 0.104. The highest BCUT2D eigenvalue weighted by Gasteiger charge is 2.33. The smallest absolute Gasteiger partial charge is 0.290 e. The van der Waals surface area contributed by atoms with Crippen LogP contribution in [0.5, 0.6) is 0 Å². The summed E-state index contributed by atoms with van der Waals surface area (Å²) in [5.74, 6) is 2.26. The number of furan rings is 1. The van der Waals surface area contributed by atoms with Crippen molar-refractivity contribution in [3.63, 3.8) is 0 Å². The quantitative estimate of drug-likeness (QED) is 0.866. The molecule has 3 rings (SSSR count). The van der Waals surface area contributed by atoms with Gasteiger partial charge in [0.1, 0.15) is 11.8 Å². The average molecular weight is 303 g/mol. The van der Waals surface area contributed by atoms with Crippen LogP contribution in [0.25, 0.3) is 0 Å². The van der Waals surface area contributed by atoms with Crippen molar-refractivity contribution >= 4 is 5.91 Å². The highest BCUT2D eigenvalue weighted by Crippen LogP contribution is 2.31. The summed E-state index contributed by atoms with van der Waals surface area (Å²) in [6.45, 7) is 4.60. The number of piperidine rings is 1. The first kappa shape index (κ1) is 14.8. The molecule has 1 unspecified atom stereocenters. The molecule has 0 aromatic carbocycles. The van der Waals surface area contributed by atoms with E-state index in [9.17, 15) is 4.79 Å². The molecule has 0 saturated carbocycles. The fourth-order valence-electron chi connectivity index (χ4n) is 2.85. The molecule has 0 aliphatic carbocycles. The molecule has 1 aliphatic heterocycles. The fourth-order valence-corrected chi connectivity index (χ4v) is 2.85. The van der Waals surface area contributed by atoms with Crippen LogP contribution in [0.3, 0.4) is 0 Å². The number of hydrogen-bond donors (Lipinski definition) is 0. The number of rotatable bonds is 4. The van der Waals surface area contributed by atoms with Crippen LogP contribution in [-0.2, 0) is 6.42 Å². The van der Waals surface area contributed by atoms with Gasteiger partial charge < -0.3 is 13.8 Å². The van der Waals surface area contributed by atoms with E-state index in [-0.39, 0.29) is 11.9 Å². The Balaban J connectivity index is 1.82. The monoisotopic (exact) mass is 303 g/mol. The standard InChI is InChI=1S/C16H21N3O3/c1-3-6-14-17-15(22-18-14)12-7-4-5-10-19(12)16(20)13-9-8-11(2)21-13/h8-9,12H,3-7,10H2,1-2H3. The number of likely N-dealkylation sites (tertiary alicyclic amines) is 1. The molecule has 0 radical (unpaired) electrons. The van der Waals surface area contributed by atoms with Gasteiger partial charge in [0.15, 0.2) is 11.6 Å². The first-order valence-electron chi connectivity index (χ1n) is 7.89. The van der Waals surface area contributed by atoms with E-state index >= 15 is 0 Å². The third kappa shape index (κ3) is 2.91. The van der Waals surface area contributed by atoms with Crippen molar-refractivity contribution in [3.05, 3.63) is 35.4 Å². The molecule has 118 valence electrons. The molecule has 6 heteroatoms. The van der Waals surface area contributed by atoms with Crippen molar-refractivity contribution in [3.8, 4) is 0 Å². The van der Waals surface area contributed by atoms with Gasteiger partial charge in [0, 0.05) is 13.0 Å². The number of carbonyl (C=O) groups excluding carboxylic acids is 1. The first-order chi connectivity index (χ1) is 10.7. The molecule has 6 nitrogen and oxygen atoms in total. The van der Waals surface area contributed by atoms with Gasteiger partial charge in [-0.1, -0.05) is 12.1 Å². The van der Waals surface area contributed by atoms with Crippen molar-refractivity contribution < 1.29 is 13.7 Å². The maximum absolute atomic E-state index is 12.7. The van der Waals surface area contributed by atoms with E-state index in [1.54, 1.807) is 17.0 Å². The van der Waals surface area contributed by atoms with E-state index in [1.165, 1.54) is 0 Å². The van der Waals surface area contributed by atoms with Gasteiger partial charge in [0.2, 0.25) is 5.89 Å². The highest BCUT2D eigenvalue weighted by molar-refractivity contribution is 5.91. The SMILES string of the molecule is CCCc1noc(C2CCCCN2C(=O)c2ccc(C)o2)n1. The Kier molecular flexibility index (Phi) is 4.27. The van der Waals surface area contributed by atoms with Crippen molar-refractivity contribution in [2.45, 2.75) is 52.0 Å². The zero-order valence-corrected chi connectivity index (χ0v) is 13.0. The molecule has 2 aromatic heterocycles. The molecule has 1 aliphatic rings. The Labute approximate surface area is 129 Å². The Morgan fingerprint density at radius 2 is 2.27 bits per heavy atom. The van der Waals surface area contributed by atoms with Crippen molar-refractivity contribution in [2.75, 3.05) is 6.54 Å². The number of aromatic nitrogens is 2. The number of nitrogens with zero attached hydrogens (tertiary/aromatic N) is 3. The zero-order valence-electron chi connectivity index (χ0n) is 13.0. The number of amides is 1. The summed E-state index contributed by atoms with van der Waals surface area (Å²) in [7, 11) is 0. The van der Waals surface area contributed by atoms with Crippen LogP contribution in [0.4, 0.5) is 0 Å². The van der Waals surface area contributed by atoms with Crippen LogP contribution < -0.4 is 0 Å². The summed E-state index contributed by atoms with van der Waals surface area (Å²) < 4.78 is 10.9. The highest BCUT2D eigenvalue weighted by atomic mass is 16.5. The van der Waals surface area contributed by atoms with Crippen LogP contribution in [0, 0.1) is 6.92 Å². The van der Waals surface area contributed by atoms with Gasteiger partial charge in [-0.05, 0) is 44.7 Å². The van der Waals surface area contributed by atoms with Crippen molar-refractivity contribution in [2.24, 2.45) is 0 Å². The van der Waals surface area contributed by atoms with Gasteiger partial charge in [0.05, 0.1) is 0 Å². The second-order valence-electron chi connectivity index (χ2n) is 5.72. The summed E-state index contributed by atoms with van der Waals surface area (Å²) in [4.78, 5) is 18.9. The molecular formula is C16H21N3O3. The normalized spacial score (nSPS) is 18.6. The molecule has 0 spiro atoms. The molecule has 1 fully saturated rings. The molecule has 1 atom stereocenters. The Hall–Kier alpha value is -2.11. The van der Waals surface area contributed by atoms with E-state index in [2.05, 4.69) is 17.1 Å². The lowest BCUT2D eigenvalue weighted by Gasteiger charge is -2.32. The topological polar surface area (TPSA) is 72.4 Å². The van der Waals surface area contributed by atoms with Crippen LogP contribution >= 0.6 is 0 Å². The molecule has 0 N–H and O–H groups in total. The maximum atomic E-state index is 12.7. The molecule has 3 heterocycles. The van der Waals surface area contributed by atoms with Crippen LogP contribution in [0.2, 0.25) is 0 Å². The first-order valence-corrected chi connectivity index (χ1v) is 7.89. The van der Waals surface area contributed by atoms with Gasteiger partial charge >= 0.3 is 0 Å². The molecule has 0 bridgehead atoms. The van der Waals surface area contributed by atoms with E-state index < -0.39 is 0 Å². The van der Waals surface area contributed by atoms with Crippen molar-refractivity contribution in [1.29, 1.82) is 0 Å². The summed E-state index contributed by atoms with van der Waals surface area (Å²) in [6.07, 6.45) is 4.65. The molecular weight excluding hydrogens is 282 g/mol. The van der Waals surface area contributed by atoms with Crippen LogP contribution in [0.15, 0.2) is 21.1 Å². The van der Waals surface area contributed by atoms with E-state index in [4.69, 9.17) is 8.94 Å². The second kappa shape index (κ2) is 6.34. The lowest BCUT2D eigenvalue weighted by atomic mass is 10.0. The Morgan fingerprint density at radius 1 is 1.41 bits per heavy atom. The summed E-state index contributed by atoms with van der Waals surface area (Å²) in [6, 6.07) is 3.38. The van der Waals surface area contributed by atoms with E-state index in [0.29, 0.717) is 24.0 Å².